The number of hydrogen-bond acceptors (Lipinski definition) is 1. The van der Waals surface area contributed by atoms with E-state index in [4.69, 9.17) is 11.6 Å². The molecule has 0 saturated heterocycles. The summed E-state index contributed by atoms with van der Waals surface area (Å²) in [6.45, 7) is 11.4. The number of alkyl halides is 1. The quantitative estimate of drug-likeness (QED) is 0.541. The van der Waals surface area contributed by atoms with E-state index >= 15 is 0 Å². The maximum absolute atomic E-state index is 5.85. The van der Waals surface area contributed by atoms with Gasteiger partial charge in [-0.05, 0) is 38.1 Å². The molecule has 0 aliphatic heterocycles. The minimum Gasteiger partial charge on any atom is -0.299 e. The lowest BCUT2D eigenvalue weighted by atomic mass is 10.1. The van der Waals surface area contributed by atoms with Crippen LogP contribution in [0.3, 0.4) is 0 Å². The topological polar surface area (TPSA) is 3.24 Å². The highest BCUT2D eigenvalue weighted by atomic mass is 35.5. The fourth-order valence-corrected chi connectivity index (χ4v) is 2.31. The molecule has 0 amide bonds. The summed E-state index contributed by atoms with van der Waals surface area (Å²) in [5.74, 6) is 1.59. The molecule has 0 heterocycles. The smallest absolute Gasteiger partial charge is 0.0351 e. The summed E-state index contributed by atoms with van der Waals surface area (Å²) >= 11 is 5.85. The van der Waals surface area contributed by atoms with Crippen molar-refractivity contribution >= 4 is 11.6 Å². The second-order valence-corrected chi connectivity index (χ2v) is 5.11. The highest BCUT2D eigenvalue weighted by Gasteiger charge is 2.13. The van der Waals surface area contributed by atoms with Crippen molar-refractivity contribution in [1.82, 2.24) is 4.90 Å². The van der Waals surface area contributed by atoms with E-state index in [0.717, 1.165) is 24.4 Å². The van der Waals surface area contributed by atoms with Gasteiger partial charge in [0, 0.05) is 18.5 Å². The van der Waals surface area contributed by atoms with Crippen LogP contribution in [0.4, 0.5) is 0 Å². The van der Waals surface area contributed by atoms with E-state index in [1.807, 2.05) is 0 Å². The SMILES string of the molecule is CCC(CC)N(CCCl)CCCC(C)C. The Morgan fingerprint density at radius 1 is 1.07 bits per heavy atom. The summed E-state index contributed by atoms with van der Waals surface area (Å²) < 4.78 is 0. The molecule has 0 aromatic carbocycles. The molecule has 15 heavy (non-hydrogen) atoms. The Kier molecular flexibility index (Phi) is 9.63. The van der Waals surface area contributed by atoms with E-state index in [2.05, 4.69) is 32.6 Å². The van der Waals surface area contributed by atoms with Crippen molar-refractivity contribution in [2.45, 2.75) is 59.4 Å². The zero-order chi connectivity index (χ0) is 11.7. The lowest BCUT2D eigenvalue weighted by molar-refractivity contribution is 0.190. The van der Waals surface area contributed by atoms with Crippen molar-refractivity contribution in [3.05, 3.63) is 0 Å². The van der Waals surface area contributed by atoms with Crippen LogP contribution in [0.15, 0.2) is 0 Å². The van der Waals surface area contributed by atoms with E-state index < -0.39 is 0 Å². The van der Waals surface area contributed by atoms with Gasteiger partial charge < -0.3 is 0 Å². The molecule has 0 unspecified atom stereocenters. The van der Waals surface area contributed by atoms with Crippen molar-refractivity contribution in [2.75, 3.05) is 19.0 Å². The minimum atomic E-state index is 0.732. The summed E-state index contributed by atoms with van der Waals surface area (Å²) in [5.41, 5.74) is 0. The Labute approximate surface area is 101 Å². The highest BCUT2D eigenvalue weighted by Crippen LogP contribution is 2.12. The number of hydrogen-bond donors (Lipinski definition) is 0. The Bertz CT molecular complexity index is 132. The molecule has 0 aromatic rings. The summed E-state index contributed by atoms with van der Waals surface area (Å²) in [6.07, 6.45) is 5.13. The van der Waals surface area contributed by atoms with Crippen LogP contribution < -0.4 is 0 Å². The lowest BCUT2D eigenvalue weighted by Gasteiger charge is -2.30. The van der Waals surface area contributed by atoms with Gasteiger partial charge in [-0.3, -0.25) is 4.90 Å². The van der Waals surface area contributed by atoms with Crippen molar-refractivity contribution in [3.8, 4) is 0 Å². The minimum absolute atomic E-state index is 0.732. The Morgan fingerprint density at radius 2 is 1.67 bits per heavy atom. The van der Waals surface area contributed by atoms with Crippen molar-refractivity contribution in [1.29, 1.82) is 0 Å². The molecule has 92 valence electrons. The first-order chi connectivity index (χ1) is 7.15. The molecule has 0 saturated carbocycles. The van der Waals surface area contributed by atoms with Crippen LogP contribution >= 0.6 is 11.6 Å². The van der Waals surface area contributed by atoms with Gasteiger partial charge in [0.15, 0.2) is 0 Å². The van der Waals surface area contributed by atoms with Crippen LogP contribution in [0.25, 0.3) is 0 Å². The van der Waals surface area contributed by atoms with Crippen LogP contribution in [0.5, 0.6) is 0 Å². The van der Waals surface area contributed by atoms with Gasteiger partial charge in [0.25, 0.3) is 0 Å². The van der Waals surface area contributed by atoms with Crippen molar-refractivity contribution in [3.63, 3.8) is 0 Å². The monoisotopic (exact) mass is 233 g/mol. The third-order valence-electron chi connectivity index (χ3n) is 3.06. The zero-order valence-electron chi connectivity index (χ0n) is 10.9. The third kappa shape index (κ3) is 7.19. The van der Waals surface area contributed by atoms with Gasteiger partial charge in [0.05, 0.1) is 0 Å². The summed E-state index contributed by atoms with van der Waals surface area (Å²) in [7, 11) is 0. The normalized spacial score (nSPS) is 12.0. The maximum Gasteiger partial charge on any atom is 0.0351 e. The fourth-order valence-electron chi connectivity index (χ4n) is 2.09. The summed E-state index contributed by atoms with van der Waals surface area (Å²) in [6, 6.07) is 0.732. The van der Waals surface area contributed by atoms with Gasteiger partial charge in [0.1, 0.15) is 0 Å². The number of halogens is 1. The number of rotatable bonds is 9. The molecule has 0 N–H and O–H groups in total. The van der Waals surface area contributed by atoms with Crippen LogP contribution in [-0.2, 0) is 0 Å². The van der Waals surface area contributed by atoms with Crippen LogP contribution in [0.2, 0.25) is 0 Å². The fraction of sp³-hybridized carbons (Fsp3) is 1.00. The van der Waals surface area contributed by atoms with E-state index in [9.17, 15) is 0 Å². The summed E-state index contributed by atoms with van der Waals surface area (Å²) in [5, 5.41) is 0. The maximum atomic E-state index is 5.85. The van der Waals surface area contributed by atoms with Gasteiger partial charge in [0.2, 0.25) is 0 Å². The van der Waals surface area contributed by atoms with Crippen molar-refractivity contribution in [2.24, 2.45) is 5.92 Å². The third-order valence-corrected chi connectivity index (χ3v) is 3.23. The molecule has 0 bridgehead atoms. The second kappa shape index (κ2) is 9.47. The van der Waals surface area contributed by atoms with Gasteiger partial charge in [-0.25, -0.2) is 0 Å². The van der Waals surface area contributed by atoms with Crippen LogP contribution in [0.1, 0.15) is 53.4 Å². The molecular formula is C13H28ClN. The molecule has 0 fully saturated rings. The summed E-state index contributed by atoms with van der Waals surface area (Å²) in [4.78, 5) is 2.56. The first kappa shape index (κ1) is 15.2. The first-order valence-corrected chi connectivity index (χ1v) is 6.99. The standard InChI is InChI=1S/C13H28ClN/c1-5-13(6-2)15(11-9-14)10-7-8-12(3)4/h12-13H,5-11H2,1-4H3. The molecule has 0 radical (unpaired) electrons. The van der Waals surface area contributed by atoms with Gasteiger partial charge in [-0.15, -0.1) is 11.6 Å². The molecule has 2 heteroatoms. The Hall–Kier alpha value is 0.250. The Balaban J connectivity index is 3.91. The van der Waals surface area contributed by atoms with E-state index in [-0.39, 0.29) is 0 Å². The number of nitrogens with zero attached hydrogens (tertiary/aromatic N) is 1. The molecule has 1 nitrogen and oxygen atoms in total. The lowest BCUT2D eigenvalue weighted by Crippen LogP contribution is -2.36. The van der Waals surface area contributed by atoms with Gasteiger partial charge in [-0.2, -0.15) is 0 Å². The van der Waals surface area contributed by atoms with Crippen LogP contribution in [-0.4, -0.2) is 29.9 Å². The van der Waals surface area contributed by atoms with E-state index in [0.29, 0.717) is 0 Å². The molecule has 0 rings (SSSR count). The highest BCUT2D eigenvalue weighted by molar-refractivity contribution is 6.18. The Morgan fingerprint density at radius 3 is 2.07 bits per heavy atom. The molecular weight excluding hydrogens is 206 g/mol. The predicted molar refractivity (Wildman–Crippen MR) is 70.7 cm³/mol. The van der Waals surface area contributed by atoms with Gasteiger partial charge in [-0.1, -0.05) is 27.7 Å². The zero-order valence-corrected chi connectivity index (χ0v) is 11.7. The van der Waals surface area contributed by atoms with Gasteiger partial charge >= 0.3 is 0 Å². The average Bonchev–Trinajstić information content (AvgIpc) is 2.19. The van der Waals surface area contributed by atoms with Crippen molar-refractivity contribution < 1.29 is 0 Å². The molecule has 0 spiro atoms. The molecule has 0 aliphatic carbocycles. The predicted octanol–water partition coefficient (Wildman–Crippen LogP) is 4.15. The second-order valence-electron chi connectivity index (χ2n) is 4.73. The molecule has 0 aliphatic rings. The largest absolute Gasteiger partial charge is 0.299 e. The van der Waals surface area contributed by atoms with Crippen LogP contribution in [0, 0.1) is 5.92 Å². The molecule has 0 aromatic heterocycles. The average molecular weight is 234 g/mol. The molecule has 0 atom stereocenters. The van der Waals surface area contributed by atoms with E-state index in [1.54, 1.807) is 0 Å². The van der Waals surface area contributed by atoms with E-state index in [1.165, 1.54) is 32.2 Å². The first-order valence-electron chi connectivity index (χ1n) is 6.45.